The van der Waals surface area contributed by atoms with Gasteiger partial charge in [-0.25, -0.2) is 0 Å². The monoisotopic (exact) mass is 206 g/mol. The fraction of sp³-hybridized carbons (Fsp3) is 0.583. The highest BCUT2D eigenvalue weighted by Gasteiger charge is 2.21. The molecular weight excluding hydrogens is 188 g/mol. The van der Waals surface area contributed by atoms with Gasteiger partial charge in [-0.2, -0.15) is 0 Å². The van der Waals surface area contributed by atoms with Crippen molar-refractivity contribution >= 4 is 0 Å². The zero-order valence-electron chi connectivity index (χ0n) is 9.20. The second kappa shape index (κ2) is 4.62. The van der Waals surface area contributed by atoms with E-state index in [9.17, 15) is 0 Å². The molecule has 0 radical (unpaired) electrons. The quantitative estimate of drug-likeness (QED) is 0.824. The van der Waals surface area contributed by atoms with E-state index in [2.05, 4.69) is 11.9 Å². The average Bonchev–Trinajstić information content (AvgIpc) is 2.27. The number of fused-ring (bicyclic) bond motifs is 1. The highest BCUT2D eigenvalue weighted by atomic mass is 16.5. The maximum Gasteiger partial charge on any atom is 0.125 e. The summed E-state index contributed by atoms with van der Waals surface area (Å²) in [5.41, 5.74) is 8.29. The molecule has 2 N–H and O–H groups in total. The molecule has 0 aliphatic heterocycles. The predicted octanol–water partition coefficient (Wildman–Crippen LogP) is 2.21. The summed E-state index contributed by atoms with van der Waals surface area (Å²) in [6, 6.07) is 2.05. The van der Waals surface area contributed by atoms with Crippen molar-refractivity contribution in [3.63, 3.8) is 0 Å². The molecule has 0 spiro atoms. The molecule has 0 fully saturated rings. The van der Waals surface area contributed by atoms with Crippen LogP contribution in [0.4, 0.5) is 0 Å². The number of hydrogen-bond donors (Lipinski definition) is 1. The Hall–Kier alpha value is -1.09. The van der Waals surface area contributed by atoms with E-state index in [1.54, 1.807) is 6.20 Å². The second-order valence-corrected chi connectivity index (χ2v) is 4.02. The normalized spacial score (nSPS) is 19.7. The summed E-state index contributed by atoms with van der Waals surface area (Å²) in [6.07, 6.45) is 6.06. The predicted molar refractivity (Wildman–Crippen MR) is 59.9 cm³/mol. The van der Waals surface area contributed by atoms with Crippen LogP contribution in [0.1, 0.15) is 43.5 Å². The van der Waals surface area contributed by atoms with E-state index >= 15 is 0 Å². The van der Waals surface area contributed by atoms with Crippen LogP contribution in [0.25, 0.3) is 0 Å². The van der Waals surface area contributed by atoms with E-state index in [0.29, 0.717) is 0 Å². The molecule has 1 aromatic heterocycles. The van der Waals surface area contributed by atoms with Crippen molar-refractivity contribution < 1.29 is 4.74 Å². The molecule has 0 bridgehead atoms. The van der Waals surface area contributed by atoms with E-state index in [-0.39, 0.29) is 6.04 Å². The first-order valence-corrected chi connectivity index (χ1v) is 5.69. The number of rotatable bonds is 3. The number of pyridine rings is 1. The smallest absolute Gasteiger partial charge is 0.125 e. The van der Waals surface area contributed by atoms with Crippen molar-refractivity contribution in [1.82, 2.24) is 4.98 Å². The Morgan fingerprint density at radius 2 is 2.47 bits per heavy atom. The van der Waals surface area contributed by atoms with Gasteiger partial charge < -0.3 is 10.5 Å². The van der Waals surface area contributed by atoms with Crippen LogP contribution < -0.4 is 10.5 Å². The molecule has 1 heterocycles. The van der Waals surface area contributed by atoms with Gasteiger partial charge in [0.25, 0.3) is 0 Å². The zero-order valence-corrected chi connectivity index (χ0v) is 9.20. The van der Waals surface area contributed by atoms with Gasteiger partial charge in [0.1, 0.15) is 5.75 Å². The third kappa shape index (κ3) is 2.12. The summed E-state index contributed by atoms with van der Waals surface area (Å²) in [5.74, 6) is 0.983. The molecule has 0 amide bonds. The third-order valence-electron chi connectivity index (χ3n) is 2.80. The lowest BCUT2D eigenvalue weighted by molar-refractivity contribution is 0.310. The van der Waals surface area contributed by atoms with Crippen molar-refractivity contribution in [3.05, 3.63) is 23.5 Å². The molecule has 1 aliphatic rings. The van der Waals surface area contributed by atoms with Crippen LogP contribution in [-0.2, 0) is 6.42 Å². The first kappa shape index (κ1) is 10.4. The molecule has 0 unspecified atom stereocenters. The summed E-state index contributed by atoms with van der Waals surface area (Å²) in [5, 5.41) is 0. The van der Waals surface area contributed by atoms with E-state index in [4.69, 9.17) is 10.5 Å². The highest BCUT2D eigenvalue weighted by molar-refractivity contribution is 5.38. The van der Waals surface area contributed by atoms with Gasteiger partial charge >= 0.3 is 0 Å². The summed E-state index contributed by atoms with van der Waals surface area (Å²) in [7, 11) is 0. The van der Waals surface area contributed by atoms with Crippen LogP contribution in [-0.4, -0.2) is 11.6 Å². The Bertz CT molecular complexity index is 338. The Balaban J connectivity index is 2.27. The molecule has 3 heteroatoms. The average molecular weight is 206 g/mol. The first-order chi connectivity index (χ1) is 7.33. The molecule has 0 aromatic carbocycles. The van der Waals surface area contributed by atoms with Crippen molar-refractivity contribution in [3.8, 4) is 5.75 Å². The number of aromatic nitrogens is 1. The fourth-order valence-corrected chi connectivity index (χ4v) is 2.04. The van der Waals surface area contributed by atoms with E-state index < -0.39 is 0 Å². The number of ether oxygens (including phenoxy) is 1. The zero-order chi connectivity index (χ0) is 10.7. The Morgan fingerprint density at radius 1 is 1.60 bits per heavy atom. The SMILES string of the molecule is CCCOc1ccnc2c1CCC[C@H]2N. The van der Waals surface area contributed by atoms with Gasteiger partial charge in [-0.3, -0.25) is 4.98 Å². The number of nitrogens with two attached hydrogens (primary N) is 1. The van der Waals surface area contributed by atoms with Crippen LogP contribution in [0, 0.1) is 0 Å². The standard InChI is InChI=1S/C12H18N2O/c1-2-8-15-11-6-7-14-12-9(11)4-3-5-10(12)13/h6-7,10H,2-5,8,13H2,1H3/t10-/m1/s1. The maximum absolute atomic E-state index is 6.03. The number of nitrogens with zero attached hydrogens (tertiary/aromatic N) is 1. The molecule has 1 aromatic rings. The van der Waals surface area contributed by atoms with Crippen LogP contribution in [0.5, 0.6) is 5.75 Å². The van der Waals surface area contributed by atoms with Crippen LogP contribution in [0.3, 0.4) is 0 Å². The van der Waals surface area contributed by atoms with Crippen molar-refractivity contribution in [2.24, 2.45) is 5.73 Å². The molecule has 1 aliphatic carbocycles. The minimum absolute atomic E-state index is 0.0962. The lowest BCUT2D eigenvalue weighted by Gasteiger charge is -2.23. The largest absolute Gasteiger partial charge is 0.493 e. The minimum Gasteiger partial charge on any atom is -0.493 e. The van der Waals surface area contributed by atoms with Crippen molar-refractivity contribution in [2.75, 3.05) is 6.61 Å². The van der Waals surface area contributed by atoms with E-state index in [1.807, 2.05) is 6.07 Å². The highest BCUT2D eigenvalue weighted by Crippen LogP contribution is 2.32. The maximum atomic E-state index is 6.03. The Labute approximate surface area is 90.7 Å². The number of hydrogen-bond acceptors (Lipinski definition) is 3. The Morgan fingerprint density at radius 3 is 3.27 bits per heavy atom. The van der Waals surface area contributed by atoms with Crippen molar-refractivity contribution in [2.45, 2.75) is 38.6 Å². The molecule has 15 heavy (non-hydrogen) atoms. The van der Waals surface area contributed by atoms with Crippen molar-refractivity contribution in [1.29, 1.82) is 0 Å². The molecule has 2 rings (SSSR count). The second-order valence-electron chi connectivity index (χ2n) is 4.02. The fourth-order valence-electron chi connectivity index (χ4n) is 2.04. The van der Waals surface area contributed by atoms with Crippen LogP contribution in [0.2, 0.25) is 0 Å². The van der Waals surface area contributed by atoms with Gasteiger partial charge in [0.05, 0.1) is 12.3 Å². The van der Waals surface area contributed by atoms with Gasteiger partial charge in [-0.1, -0.05) is 6.92 Å². The summed E-state index contributed by atoms with van der Waals surface area (Å²) in [4.78, 5) is 4.36. The van der Waals surface area contributed by atoms with Gasteiger partial charge in [0, 0.05) is 17.8 Å². The lowest BCUT2D eigenvalue weighted by atomic mass is 9.92. The molecule has 0 saturated carbocycles. The van der Waals surface area contributed by atoms with Gasteiger partial charge in [-0.15, -0.1) is 0 Å². The molecule has 3 nitrogen and oxygen atoms in total. The first-order valence-electron chi connectivity index (χ1n) is 5.69. The van der Waals surface area contributed by atoms with E-state index in [0.717, 1.165) is 43.7 Å². The molecular formula is C12H18N2O. The summed E-state index contributed by atoms with van der Waals surface area (Å²) >= 11 is 0. The molecule has 1 atom stereocenters. The van der Waals surface area contributed by atoms with Crippen LogP contribution >= 0.6 is 0 Å². The third-order valence-corrected chi connectivity index (χ3v) is 2.80. The van der Waals surface area contributed by atoms with Crippen LogP contribution in [0.15, 0.2) is 12.3 Å². The molecule has 0 saturated heterocycles. The van der Waals surface area contributed by atoms with Gasteiger partial charge in [-0.05, 0) is 31.7 Å². The van der Waals surface area contributed by atoms with Gasteiger partial charge in [0.2, 0.25) is 0 Å². The summed E-state index contributed by atoms with van der Waals surface area (Å²) in [6.45, 7) is 2.88. The van der Waals surface area contributed by atoms with E-state index in [1.165, 1.54) is 5.56 Å². The Kier molecular flexibility index (Phi) is 3.21. The molecule has 82 valence electrons. The lowest BCUT2D eigenvalue weighted by Crippen LogP contribution is -2.19. The topological polar surface area (TPSA) is 48.1 Å². The minimum atomic E-state index is 0.0962. The summed E-state index contributed by atoms with van der Waals surface area (Å²) < 4.78 is 5.71. The van der Waals surface area contributed by atoms with Gasteiger partial charge in [0.15, 0.2) is 0 Å².